The number of aromatic nitrogens is 2. The van der Waals surface area contributed by atoms with Crippen molar-refractivity contribution in [1.82, 2.24) is 9.97 Å². The molecule has 4 aromatic rings. The summed E-state index contributed by atoms with van der Waals surface area (Å²) in [5, 5.41) is 9.51. The fraction of sp³-hybridized carbons (Fsp3) is 0.148. The van der Waals surface area contributed by atoms with Crippen LogP contribution in [0, 0.1) is 6.92 Å². The number of amides is 1. The lowest BCUT2D eigenvalue weighted by atomic mass is 10.0. The molecule has 0 aliphatic carbocycles. The number of aryl methyl sites for hydroxylation is 1. The molecule has 0 unspecified atom stereocenters. The topological polar surface area (TPSA) is 88.2 Å². The first-order chi connectivity index (χ1) is 16.6. The maximum Gasteiger partial charge on any atom is 0.247 e. The number of hydrogen-bond donors (Lipinski definition) is 3. The van der Waals surface area contributed by atoms with Crippen molar-refractivity contribution in [1.29, 1.82) is 0 Å². The number of carbonyl (C=O) groups is 1. The number of hydrogen-bond acceptors (Lipinski definition) is 6. The standard InChI is InChI=1S/C27H27N5O2/c1-19-17-25(32-27(28-19)30-21-11-7-4-8-12-21)31-24(18-20-9-5-3-6-10-20)26(33)29-22-13-15-23(34-2)16-14-22/h3-17,24H,18H2,1-2H3,(H,29,33)(H2,28,30,31,32)/t24-/m0/s1. The largest absolute Gasteiger partial charge is 0.497 e. The summed E-state index contributed by atoms with van der Waals surface area (Å²) >= 11 is 0. The first-order valence-electron chi connectivity index (χ1n) is 11.0. The Labute approximate surface area is 199 Å². The Kier molecular flexibility index (Phi) is 7.35. The summed E-state index contributed by atoms with van der Waals surface area (Å²) in [4.78, 5) is 22.3. The Bertz CT molecular complexity index is 1210. The molecule has 1 aromatic heterocycles. The van der Waals surface area contributed by atoms with Crippen molar-refractivity contribution in [2.45, 2.75) is 19.4 Å². The molecule has 0 saturated carbocycles. The third-order valence-corrected chi connectivity index (χ3v) is 5.16. The van der Waals surface area contributed by atoms with Crippen LogP contribution < -0.4 is 20.7 Å². The molecule has 0 spiro atoms. The Balaban J connectivity index is 1.55. The van der Waals surface area contributed by atoms with E-state index in [2.05, 4.69) is 25.9 Å². The van der Waals surface area contributed by atoms with Gasteiger partial charge in [0.25, 0.3) is 0 Å². The van der Waals surface area contributed by atoms with E-state index in [0.717, 1.165) is 22.7 Å². The number of anilines is 4. The number of methoxy groups -OCH3 is 1. The molecule has 0 bridgehead atoms. The number of para-hydroxylation sites is 1. The molecule has 3 aromatic carbocycles. The highest BCUT2D eigenvalue weighted by Crippen LogP contribution is 2.19. The normalized spacial score (nSPS) is 11.4. The van der Waals surface area contributed by atoms with E-state index in [0.29, 0.717) is 23.9 Å². The number of ether oxygens (including phenoxy) is 1. The number of rotatable bonds is 9. The van der Waals surface area contributed by atoms with Gasteiger partial charge in [0.15, 0.2) is 0 Å². The molecule has 1 amide bonds. The molecule has 0 fully saturated rings. The van der Waals surface area contributed by atoms with Crippen LogP contribution in [0.4, 0.5) is 23.1 Å². The minimum Gasteiger partial charge on any atom is -0.497 e. The van der Waals surface area contributed by atoms with E-state index in [1.54, 1.807) is 7.11 Å². The number of nitrogens with zero attached hydrogens (tertiary/aromatic N) is 2. The first kappa shape index (κ1) is 22.8. The van der Waals surface area contributed by atoms with E-state index in [1.807, 2.05) is 97.9 Å². The second-order valence-corrected chi connectivity index (χ2v) is 7.81. The number of benzene rings is 3. The van der Waals surface area contributed by atoms with Crippen LogP contribution in [-0.4, -0.2) is 29.0 Å². The van der Waals surface area contributed by atoms with Gasteiger partial charge in [-0.2, -0.15) is 4.98 Å². The van der Waals surface area contributed by atoms with Crippen molar-refractivity contribution in [2.75, 3.05) is 23.1 Å². The fourth-order valence-corrected chi connectivity index (χ4v) is 3.49. The van der Waals surface area contributed by atoms with Crippen LogP contribution >= 0.6 is 0 Å². The van der Waals surface area contributed by atoms with Crippen molar-refractivity contribution < 1.29 is 9.53 Å². The minimum atomic E-state index is -0.552. The van der Waals surface area contributed by atoms with E-state index in [-0.39, 0.29) is 5.91 Å². The highest BCUT2D eigenvalue weighted by molar-refractivity contribution is 5.96. The monoisotopic (exact) mass is 453 g/mol. The molecule has 1 atom stereocenters. The lowest BCUT2D eigenvalue weighted by Gasteiger charge is -2.20. The van der Waals surface area contributed by atoms with Crippen LogP contribution in [-0.2, 0) is 11.2 Å². The minimum absolute atomic E-state index is 0.164. The van der Waals surface area contributed by atoms with Crippen molar-refractivity contribution in [3.63, 3.8) is 0 Å². The summed E-state index contributed by atoms with van der Waals surface area (Å²) in [6, 6.07) is 28.1. The molecule has 0 radical (unpaired) electrons. The van der Waals surface area contributed by atoms with Gasteiger partial charge < -0.3 is 20.7 Å². The molecule has 7 heteroatoms. The average molecular weight is 454 g/mol. The zero-order valence-electron chi connectivity index (χ0n) is 19.2. The average Bonchev–Trinajstić information content (AvgIpc) is 2.85. The highest BCUT2D eigenvalue weighted by atomic mass is 16.5. The molecular weight excluding hydrogens is 426 g/mol. The van der Waals surface area contributed by atoms with Gasteiger partial charge in [-0.3, -0.25) is 4.79 Å². The summed E-state index contributed by atoms with van der Waals surface area (Å²) in [7, 11) is 1.61. The SMILES string of the molecule is COc1ccc(NC(=O)[C@H](Cc2ccccc2)Nc2cc(C)nc(Nc3ccccc3)n2)cc1. The van der Waals surface area contributed by atoms with E-state index in [4.69, 9.17) is 4.74 Å². The lowest BCUT2D eigenvalue weighted by molar-refractivity contribution is -0.116. The van der Waals surface area contributed by atoms with Gasteiger partial charge in [0.2, 0.25) is 11.9 Å². The second-order valence-electron chi connectivity index (χ2n) is 7.81. The van der Waals surface area contributed by atoms with Gasteiger partial charge in [-0.25, -0.2) is 4.98 Å². The van der Waals surface area contributed by atoms with Gasteiger partial charge in [0, 0.05) is 29.6 Å². The molecule has 0 saturated heterocycles. The second kappa shape index (κ2) is 11.0. The van der Waals surface area contributed by atoms with E-state index < -0.39 is 6.04 Å². The van der Waals surface area contributed by atoms with Gasteiger partial charge in [-0.15, -0.1) is 0 Å². The summed E-state index contributed by atoms with van der Waals surface area (Å²) in [5.41, 5.74) is 3.40. The van der Waals surface area contributed by atoms with Crippen LogP contribution in [0.15, 0.2) is 91.0 Å². The summed E-state index contributed by atoms with van der Waals surface area (Å²) in [6.07, 6.45) is 0.493. The maximum atomic E-state index is 13.3. The Morgan fingerprint density at radius 3 is 2.24 bits per heavy atom. The van der Waals surface area contributed by atoms with E-state index in [1.165, 1.54) is 0 Å². The molecule has 1 heterocycles. The lowest BCUT2D eigenvalue weighted by Crippen LogP contribution is -2.37. The fourth-order valence-electron chi connectivity index (χ4n) is 3.49. The van der Waals surface area contributed by atoms with Gasteiger partial charge in [-0.1, -0.05) is 48.5 Å². The molecule has 0 aliphatic heterocycles. The molecule has 3 N–H and O–H groups in total. The van der Waals surface area contributed by atoms with Crippen LogP contribution in [0.3, 0.4) is 0 Å². The van der Waals surface area contributed by atoms with Crippen molar-refractivity contribution in [2.24, 2.45) is 0 Å². The van der Waals surface area contributed by atoms with Crippen molar-refractivity contribution >= 4 is 29.0 Å². The zero-order chi connectivity index (χ0) is 23.8. The van der Waals surface area contributed by atoms with Crippen molar-refractivity contribution in [3.8, 4) is 5.75 Å². The molecule has 4 rings (SSSR count). The van der Waals surface area contributed by atoms with Gasteiger partial charge in [0.05, 0.1) is 7.11 Å². The third kappa shape index (κ3) is 6.32. The Hall–Kier alpha value is -4.39. The Morgan fingerprint density at radius 2 is 1.56 bits per heavy atom. The molecular formula is C27H27N5O2. The number of nitrogens with one attached hydrogen (secondary N) is 3. The highest BCUT2D eigenvalue weighted by Gasteiger charge is 2.20. The molecule has 0 aliphatic rings. The zero-order valence-corrected chi connectivity index (χ0v) is 19.2. The summed E-state index contributed by atoms with van der Waals surface area (Å²) < 4.78 is 5.20. The molecule has 172 valence electrons. The number of carbonyl (C=O) groups excluding carboxylic acids is 1. The quantitative estimate of drug-likeness (QED) is 0.323. The third-order valence-electron chi connectivity index (χ3n) is 5.16. The van der Waals surface area contributed by atoms with E-state index >= 15 is 0 Å². The van der Waals surface area contributed by atoms with Gasteiger partial charge in [0.1, 0.15) is 17.6 Å². The summed E-state index contributed by atoms with van der Waals surface area (Å²) in [6.45, 7) is 1.90. The maximum absolute atomic E-state index is 13.3. The predicted octanol–water partition coefficient (Wildman–Crippen LogP) is 5.20. The van der Waals surface area contributed by atoms with Crippen LogP contribution in [0.5, 0.6) is 5.75 Å². The molecule has 34 heavy (non-hydrogen) atoms. The van der Waals surface area contributed by atoms with Gasteiger partial charge in [-0.05, 0) is 48.9 Å². The predicted molar refractivity (Wildman–Crippen MR) is 136 cm³/mol. The van der Waals surface area contributed by atoms with Crippen LogP contribution in [0.2, 0.25) is 0 Å². The van der Waals surface area contributed by atoms with Gasteiger partial charge >= 0.3 is 0 Å². The Morgan fingerprint density at radius 1 is 0.882 bits per heavy atom. The van der Waals surface area contributed by atoms with Crippen LogP contribution in [0.1, 0.15) is 11.3 Å². The van der Waals surface area contributed by atoms with Crippen molar-refractivity contribution in [3.05, 3.63) is 102 Å². The molecule has 7 nitrogen and oxygen atoms in total. The first-order valence-corrected chi connectivity index (χ1v) is 11.0. The van der Waals surface area contributed by atoms with Crippen LogP contribution in [0.25, 0.3) is 0 Å². The summed E-state index contributed by atoms with van der Waals surface area (Å²) in [5.74, 6) is 1.59. The smallest absolute Gasteiger partial charge is 0.247 e. The van der Waals surface area contributed by atoms with E-state index in [9.17, 15) is 4.79 Å².